The summed E-state index contributed by atoms with van der Waals surface area (Å²) in [7, 11) is 1.44. The summed E-state index contributed by atoms with van der Waals surface area (Å²) >= 11 is 12.4. The number of carbonyl (C=O) groups is 2. The van der Waals surface area contributed by atoms with Crippen LogP contribution in [0.5, 0.6) is 0 Å². The molecule has 1 aliphatic rings. The number of amides is 2. The lowest BCUT2D eigenvalue weighted by Crippen LogP contribution is -2.29. The van der Waals surface area contributed by atoms with Crippen LogP contribution in [0.4, 0.5) is 13.2 Å². The average molecular weight is 656 g/mol. The van der Waals surface area contributed by atoms with E-state index in [0.29, 0.717) is 60.7 Å². The highest BCUT2D eigenvalue weighted by atomic mass is 35.5. The number of nitrogens with one attached hydrogen (secondary N) is 2. The van der Waals surface area contributed by atoms with E-state index >= 15 is 0 Å². The number of rotatable bonds is 10. The molecule has 1 heterocycles. The molecule has 2 aromatic carbocycles. The molecule has 1 unspecified atom stereocenters. The molecule has 0 saturated carbocycles. The quantitative estimate of drug-likeness (QED) is 0.300. The fraction of sp³-hybridized carbons (Fsp3) is 0.517. The molecule has 13 heteroatoms. The number of alkyl halides is 2. The second-order valence-corrected chi connectivity index (χ2v) is 11.4. The van der Waals surface area contributed by atoms with Crippen LogP contribution in [0.1, 0.15) is 60.5 Å². The fourth-order valence-corrected chi connectivity index (χ4v) is 5.37. The number of likely N-dealkylation sites (tertiary alicyclic amines) is 1. The summed E-state index contributed by atoms with van der Waals surface area (Å²) in [4.78, 5) is 25.8. The summed E-state index contributed by atoms with van der Waals surface area (Å²) in [5.41, 5.74) is 6.40. The normalized spacial score (nSPS) is 13.2. The van der Waals surface area contributed by atoms with Gasteiger partial charge in [0.25, 0.3) is 5.91 Å². The monoisotopic (exact) mass is 654 g/mol. The van der Waals surface area contributed by atoms with Crippen molar-refractivity contribution in [3.05, 3.63) is 62.9 Å². The zero-order chi connectivity index (χ0) is 32.1. The van der Waals surface area contributed by atoms with Gasteiger partial charge in [0.15, 0.2) is 0 Å². The molecule has 0 aliphatic carbocycles. The smallest absolute Gasteiger partial charge is 0.251 e. The van der Waals surface area contributed by atoms with E-state index in [-0.39, 0.29) is 23.0 Å². The fourth-order valence-electron chi connectivity index (χ4n) is 3.96. The highest BCUT2D eigenvalue weighted by molar-refractivity contribution is 7.85. The molecule has 42 heavy (non-hydrogen) atoms. The number of halogens is 5. The van der Waals surface area contributed by atoms with Crippen molar-refractivity contribution in [3.63, 3.8) is 0 Å². The Hall–Kier alpha value is -2.18. The maximum absolute atomic E-state index is 14.7. The minimum absolute atomic E-state index is 0.0652. The molecule has 3 rings (SSSR count). The third-order valence-electron chi connectivity index (χ3n) is 6.09. The van der Waals surface area contributed by atoms with Gasteiger partial charge >= 0.3 is 0 Å². The van der Waals surface area contributed by atoms with Gasteiger partial charge in [-0.2, -0.15) is 0 Å². The van der Waals surface area contributed by atoms with Crippen molar-refractivity contribution >= 4 is 45.8 Å². The van der Waals surface area contributed by atoms with E-state index < -0.39 is 22.5 Å². The third kappa shape index (κ3) is 14.3. The van der Waals surface area contributed by atoms with Crippen LogP contribution >= 0.6 is 23.2 Å². The first kappa shape index (κ1) is 39.8. The van der Waals surface area contributed by atoms with Crippen LogP contribution in [0, 0.1) is 5.82 Å². The molecule has 1 saturated heterocycles. The third-order valence-corrected chi connectivity index (χ3v) is 8.08. The molecule has 2 amide bonds. The van der Waals surface area contributed by atoms with Crippen molar-refractivity contribution in [3.8, 4) is 0 Å². The number of hydrogen-bond donors (Lipinski definition) is 3. The Morgan fingerprint density at radius 3 is 2.24 bits per heavy atom. The predicted octanol–water partition coefficient (Wildman–Crippen LogP) is 5.82. The molecule has 0 aromatic heterocycles. The van der Waals surface area contributed by atoms with E-state index in [4.69, 9.17) is 28.9 Å². The number of hydrogen-bond acceptors (Lipinski definition) is 5. The van der Waals surface area contributed by atoms with E-state index in [9.17, 15) is 27.0 Å². The Kier molecular flexibility index (Phi) is 22.1. The van der Waals surface area contributed by atoms with Crippen LogP contribution in [0.15, 0.2) is 35.2 Å². The average Bonchev–Trinajstić information content (AvgIpc) is 3.02. The molecule has 238 valence electrons. The molecule has 1 atom stereocenters. The second-order valence-electron chi connectivity index (χ2n) is 8.89. The Balaban J connectivity index is 0.00000120. The first-order valence-electron chi connectivity index (χ1n) is 13.5. The minimum atomic E-state index is -1.18. The molecule has 1 fully saturated rings. The van der Waals surface area contributed by atoms with Crippen LogP contribution in [0.3, 0.4) is 0 Å². The van der Waals surface area contributed by atoms with Gasteiger partial charge in [0.05, 0.1) is 25.2 Å². The van der Waals surface area contributed by atoms with Crippen LogP contribution < -0.4 is 16.4 Å². The van der Waals surface area contributed by atoms with Crippen LogP contribution in [0.25, 0.3) is 0 Å². The van der Waals surface area contributed by atoms with E-state index in [2.05, 4.69) is 15.5 Å². The van der Waals surface area contributed by atoms with Gasteiger partial charge in [0.1, 0.15) is 5.82 Å². The summed E-state index contributed by atoms with van der Waals surface area (Å²) in [6.07, 6.45) is 4.74. The lowest BCUT2D eigenvalue weighted by atomic mass is 10.1. The van der Waals surface area contributed by atoms with Crippen LogP contribution in [-0.2, 0) is 28.7 Å². The van der Waals surface area contributed by atoms with Crippen molar-refractivity contribution in [2.45, 2.75) is 57.0 Å². The molecule has 0 radical (unpaired) electrons. The largest absolute Gasteiger partial charge is 0.359 e. The number of benzene rings is 2. The molecule has 0 bridgehead atoms. The lowest BCUT2D eigenvalue weighted by molar-refractivity contribution is -0.120. The van der Waals surface area contributed by atoms with E-state index in [1.54, 1.807) is 25.2 Å². The zero-order valence-corrected chi connectivity index (χ0v) is 27.0. The molecule has 7 nitrogen and oxygen atoms in total. The van der Waals surface area contributed by atoms with E-state index in [1.807, 2.05) is 6.92 Å². The van der Waals surface area contributed by atoms with Crippen molar-refractivity contribution < 1.29 is 27.0 Å². The SMILES string of the molecule is CCS(=O)c1ccc(Cl)cc1CNC(=O)c1cc(F)c(CN2CCCCC2)c(Cl)c1.CF.CF.CNC(=O)CCCN. The number of nitrogens with zero attached hydrogens (tertiary/aromatic N) is 1. The van der Waals surface area contributed by atoms with Crippen molar-refractivity contribution in [1.82, 2.24) is 15.5 Å². The molecule has 2 aromatic rings. The highest BCUT2D eigenvalue weighted by Gasteiger charge is 2.19. The Bertz CT molecular complexity index is 1100. The summed E-state index contributed by atoms with van der Waals surface area (Å²) in [6.45, 7) is 4.85. The van der Waals surface area contributed by atoms with Crippen molar-refractivity contribution in [2.75, 3.05) is 46.8 Å². The van der Waals surface area contributed by atoms with Gasteiger partial charge in [0, 0.05) is 58.4 Å². The van der Waals surface area contributed by atoms with E-state index in [1.165, 1.54) is 18.6 Å². The Morgan fingerprint density at radius 2 is 1.69 bits per heavy atom. The van der Waals surface area contributed by atoms with Gasteiger partial charge in [-0.1, -0.05) is 36.5 Å². The zero-order valence-electron chi connectivity index (χ0n) is 24.7. The summed E-state index contributed by atoms with van der Waals surface area (Å²) in [5.74, 6) is -0.403. The van der Waals surface area contributed by atoms with Crippen molar-refractivity contribution in [1.29, 1.82) is 0 Å². The molecule has 0 spiro atoms. The maximum atomic E-state index is 14.7. The summed E-state index contributed by atoms with van der Waals surface area (Å²) in [5, 5.41) is 6.00. The lowest BCUT2D eigenvalue weighted by Gasteiger charge is -2.27. The van der Waals surface area contributed by atoms with Crippen molar-refractivity contribution in [2.24, 2.45) is 5.73 Å². The standard InChI is InChI=1S/C22H25Cl2FN2O2S.C5H12N2O.2CH3F/c1-2-30(29)21-7-6-17(23)10-16(21)13-26-22(28)15-11-19(24)18(20(25)12-15)14-27-8-4-3-5-9-27;1-7-5(8)3-2-4-6;2*1-2/h6-7,10-12H,2-5,8-9,13-14H2,1H3,(H,26,28);2-4,6H2,1H3,(H,7,8);2*1H3. The predicted molar refractivity (Wildman–Crippen MR) is 167 cm³/mol. The van der Waals surface area contributed by atoms with Gasteiger partial charge in [-0.05, 0) is 74.8 Å². The first-order valence-corrected chi connectivity index (χ1v) is 15.6. The topological polar surface area (TPSA) is 105 Å². The van der Waals surface area contributed by atoms with Gasteiger partial charge < -0.3 is 16.4 Å². The minimum Gasteiger partial charge on any atom is -0.359 e. The van der Waals surface area contributed by atoms with Gasteiger partial charge in [0.2, 0.25) is 5.91 Å². The molecule has 1 aliphatic heterocycles. The molecule has 4 N–H and O–H groups in total. The van der Waals surface area contributed by atoms with E-state index in [0.717, 1.165) is 32.4 Å². The summed E-state index contributed by atoms with van der Waals surface area (Å²) < 4.78 is 45.9. The second kappa shape index (κ2) is 23.3. The highest BCUT2D eigenvalue weighted by Crippen LogP contribution is 2.25. The molecular formula is C29H43Cl2F3N4O3S. The Labute approximate surface area is 260 Å². The maximum Gasteiger partial charge on any atom is 0.251 e. The summed E-state index contributed by atoms with van der Waals surface area (Å²) in [6, 6.07) is 7.78. The Morgan fingerprint density at radius 1 is 1.05 bits per heavy atom. The van der Waals surface area contributed by atoms with Crippen LogP contribution in [0.2, 0.25) is 10.0 Å². The van der Waals surface area contributed by atoms with Gasteiger partial charge in [-0.3, -0.25) is 27.5 Å². The van der Waals surface area contributed by atoms with Gasteiger partial charge in [-0.25, -0.2) is 4.39 Å². The number of nitrogens with two attached hydrogens (primary N) is 1. The number of carbonyl (C=O) groups excluding carboxylic acids is 2. The van der Waals surface area contributed by atoms with Crippen LogP contribution in [-0.4, -0.2) is 67.7 Å². The van der Waals surface area contributed by atoms with Gasteiger partial charge in [-0.15, -0.1) is 0 Å². The molecular weight excluding hydrogens is 612 g/mol. The number of piperidine rings is 1. The first-order chi connectivity index (χ1) is 20.2.